The van der Waals surface area contributed by atoms with Gasteiger partial charge in [0, 0.05) is 52.6 Å². The van der Waals surface area contributed by atoms with Crippen LogP contribution in [-0.2, 0) is 0 Å². The fourth-order valence-corrected chi connectivity index (χ4v) is 6.48. The third kappa shape index (κ3) is 6.92. The zero-order chi connectivity index (χ0) is 36.1. The van der Waals surface area contributed by atoms with Crippen LogP contribution in [0.5, 0.6) is 0 Å². The van der Waals surface area contributed by atoms with Crippen LogP contribution in [-0.4, -0.2) is 29.9 Å². The lowest BCUT2D eigenvalue weighted by Crippen LogP contribution is -2.00. The van der Waals surface area contributed by atoms with Crippen LogP contribution in [0, 0.1) is 0 Å². The lowest BCUT2D eigenvalue weighted by atomic mass is 9.97. The predicted molar refractivity (Wildman–Crippen MR) is 217 cm³/mol. The van der Waals surface area contributed by atoms with Crippen molar-refractivity contribution in [3.8, 4) is 90.1 Å². The molecule has 0 N–H and O–H groups in total. The van der Waals surface area contributed by atoms with E-state index >= 15 is 0 Å². The topological polar surface area (TPSA) is 77.3 Å². The molecule has 9 aromatic rings. The largest absolute Gasteiger partial charge is 0.264 e. The minimum absolute atomic E-state index is 0.624. The van der Waals surface area contributed by atoms with E-state index in [0.29, 0.717) is 17.5 Å². The van der Waals surface area contributed by atoms with Crippen molar-refractivity contribution in [2.75, 3.05) is 0 Å². The fraction of sp³-hybridized carbons (Fsp3) is 0. The molecule has 0 atom stereocenters. The highest BCUT2D eigenvalue weighted by Crippen LogP contribution is 2.33. The van der Waals surface area contributed by atoms with Gasteiger partial charge in [0.25, 0.3) is 0 Å². The Labute approximate surface area is 313 Å². The molecule has 0 aliphatic rings. The van der Waals surface area contributed by atoms with Gasteiger partial charge in [-0.05, 0) is 69.8 Å². The maximum absolute atomic E-state index is 4.97. The summed E-state index contributed by atoms with van der Waals surface area (Å²) in [6.07, 6.45) is 7.23. The Morgan fingerprint density at radius 3 is 0.944 bits per heavy atom. The first-order chi connectivity index (χ1) is 26.7. The SMILES string of the molecule is c1ccc(-c2ccc(-c3nc(-c4ccccc4)nc(-c4ccc(-c5ccc(-c6cc(-c7cccnc7)nc(-c7cccnc7)c6)cc5)cc4)n3)cc2)cc1. The molecular formula is C48H32N6. The summed E-state index contributed by atoms with van der Waals surface area (Å²) in [6.45, 7) is 0. The third-order valence-corrected chi connectivity index (χ3v) is 9.35. The Morgan fingerprint density at radius 1 is 0.241 bits per heavy atom. The van der Waals surface area contributed by atoms with Gasteiger partial charge in [0.1, 0.15) is 0 Å². The average molecular weight is 693 g/mol. The molecule has 0 saturated carbocycles. The molecule has 0 aliphatic carbocycles. The summed E-state index contributed by atoms with van der Waals surface area (Å²) in [5, 5.41) is 0. The molecule has 54 heavy (non-hydrogen) atoms. The van der Waals surface area contributed by atoms with E-state index in [0.717, 1.165) is 67.0 Å². The molecule has 0 radical (unpaired) electrons. The van der Waals surface area contributed by atoms with Crippen molar-refractivity contribution >= 4 is 0 Å². The zero-order valence-corrected chi connectivity index (χ0v) is 29.2. The van der Waals surface area contributed by atoms with Crippen molar-refractivity contribution in [2.45, 2.75) is 0 Å². The molecule has 0 amide bonds. The highest BCUT2D eigenvalue weighted by atomic mass is 15.0. The van der Waals surface area contributed by atoms with Gasteiger partial charge >= 0.3 is 0 Å². The monoisotopic (exact) mass is 692 g/mol. The molecule has 0 saturated heterocycles. The highest BCUT2D eigenvalue weighted by Gasteiger charge is 2.14. The number of aromatic nitrogens is 6. The Balaban J connectivity index is 1.02. The number of nitrogens with zero attached hydrogens (tertiary/aromatic N) is 6. The minimum Gasteiger partial charge on any atom is -0.264 e. The van der Waals surface area contributed by atoms with Crippen LogP contribution in [0.1, 0.15) is 0 Å². The van der Waals surface area contributed by atoms with Gasteiger partial charge in [0.15, 0.2) is 17.5 Å². The molecule has 6 nitrogen and oxygen atoms in total. The van der Waals surface area contributed by atoms with Crippen molar-refractivity contribution < 1.29 is 0 Å². The first-order valence-electron chi connectivity index (χ1n) is 17.7. The second-order valence-electron chi connectivity index (χ2n) is 12.9. The van der Waals surface area contributed by atoms with Crippen LogP contribution in [0.15, 0.2) is 195 Å². The fourth-order valence-electron chi connectivity index (χ4n) is 6.48. The van der Waals surface area contributed by atoms with Gasteiger partial charge in [0.05, 0.1) is 11.4 Å². The Morgan fingerprint density at radius 2 is 0.556 bits per heavy atom. The molecule has 5 aromatic carbocycles. The molecule has 0 spiro atoms. The van der Waals surface area contributed by atoms with Crippen LogP contribution in [0.2, 0.25) is 0 Å². The maximum Gasteiger partial charge on any atom is 0.164 e. The van der Waals surface area contributed by atoms with Gasteiger partial charge in [-0.15, -0.1) is 0 Å². The van der Waals surface area contributed by atoms with E-state index in [1.807, 2.05) is 73.1 Å². The summed E-state index contributed by atoms with van der Waals surface area (Å²) < 4.78 is 0. The Hall–Kier alpha value is -7.44. The molecule has 0 fully saturated rings. The molecule has 0 aliphatic heterocycles. The minimum atomic E-state index is 0.624. The van der Waals surface area contributed by atoms with Crippen LogP contribution in [0.25, 0.3) is 90.1 Å². The smallest absolute Gasteiger partial charge is 0.164 e. The molecule has 254 valence electrons. The van der Waals surface area contributed by atoms with Gasteiger partial charge in [-0.2, -0.15) is 0 Å². The van der Waals surface area contributed by atoms with Crippen molar-refractivity contribution in [1.82, 2.24) is 29.9 Å². The first kappa shape index (κ1) is 32.5. The summed E-state index contributed by atoms with van der Waals surface area (Å²) in [6, 6.07) is 58.0. The second kappa shape index (κ2) is 14.7. The van der Waals surface area contributed by atoms with E-state index in [-0.39, 0.29) is 0 Å². The molecule has 6 heteroatoms. The highest BCUT2D eigenvalue weighted by molar-refractivity contribution is 5.78. The molecule has 9 rings (SSSR count). The van der Waals surface area contributed by atoms with E-state index in [4.69, 9.17) is 19.9 Å². The van der Waals surface area contributed by atoms with E-state index in [1.165, 1.54) is 5.56 Å². The maximum atomic E-state index is 4.97. The normalized spacial score (nSPS) is 11.0. The Bertz CT molecular complexity index is 2590. The number of benzene rings is 5. The average Bonchev–Trinajstić information content (AvgIpc) is 3.27. The van der Waals surface area contributed by atoms with E-state index < -0.39 is 0 Å². The van der Waals surface area contributed by atoms with Crippen molar-refractivity contribution in [2.24, 2.45) is 0 Å². The third-order valence-electron chi connectivity index (χ3n) is 9.35. The number of pyridine rings is 3. The standard InChI is InChI=1S/C48H32N6/c1-3-9-33(10-4-1)34-19-23-39(24-20-34)47-52-46(38-11-5-2-6-12-38)53-48(54-47)40-25-21-36(22-26-40)35-15-17-37(18-16-35)43-29-44(41-13-7-27-49-31-41)51-45(30-43)42-14-8-28-50-32-42/h1-32H. The second-order valence-corrected chi connectivity index (χ2v) is 12.9. The zero-order valence-electron chi connectivity index (χ0n) is 29.2. The first-order valence-corrected chi connectivity index (χ1v) is 17.7. The van der Waals surface area contributed by atoms with Crippen molar-refractivity contribution in [3.05, 3.63) is 195 Å². The van der Waals surface area contributed by atoms with Crippen LogP contribution in [0.4, 0.5) is 0 Å². The molecule has 0 bridgehead atoms. The molecule has 0 unspecified atom stereocenters. The lowest BCUT2D eigenvalue weighted by molar-refractivity contribution is 1.07. The van der Waals surface area contributed by atoms with Gasteiger partial charge in [-0.3, -0.25) is 9.97 Å². The lowest BCUT2D eigenvalue weighted by Gasteiger charge is -2.11. The van der Waals surface area contributed by atoms with Crippen LogP contribution >= 0.6 is 0 Å². The Kier molecular flexibility index (Phi) is 8.81. The number of hydrogen-bond donors (Lipinski definition) is 0. The summed E-state index contributed by atoms with van der Waals surface area (Å²) >= 11 is 0. The molecule has 4 aromatic heterocycles. The number of hydrogen-bond acceptors (Lipinski definition) is 6. The quantitative estimate of drug-likeness (QED) is 0.158. The molecule has 4 heterocycles. The van der Waals surface area contributed by atoms with Gasteiger partial charge in [0.2, 0.25) is 0 Å². The van der Waals surface area contributed by atoms with Gasteiger partial charge in [-0.1, -0.05) is 133 Å². The summed E-state index contributed by atoms with van der Waals surface area (Å²) in [4.78, 5) is 28.4. The van der Waals surface area contributed by atoms with E-state index in [2.05, 4.69) is 119 Å². The number of rotatable bonds is 8. The van der Waals surface area contributed by atoms with Crippen molar-refractivity contribution in [3.63, 3.8) is 0 Å². The summed E-state index contributed by atoms with van der Waals surface area (Å²) in [5.41, 5.74) is 13.1. The van der Waals surface area contributed by atoms with Crippen molar-refractivity contribution in [1.29, 1.82) is 0 Å². The predicted octanol–water partition coefficient (Wildman–Crippen LogP) is 11.4. The van der Waals surface area contributed by atoms with E-state index in [1.54, 1.807) is 12.4 Å². The van der Waals surface area contributed by atoms with E-state index in [9.17, 15) is 0 Å². The summed E-state index contributed by atoms with van der Waals surface area (Å²) in [7, 11) is 0. The van der Waals surface area contributed by atoms with Gasteiger partial charge < -0.3 is 0 Å². The van der Waals surface area contributed by atoms with Gasteiger partial charge in [-0.25, -0.2) is 19.9 Å². The van der Waals surface area contributed by atoms with Crippen LogP contribution in [0.3, 0.4) is 0 Å². The van der Waals surface area contributed by atoms with Crippen LogP contribution < -0.4 is 0 Å². The summed E-state index contributed by atoms with van der Waals surface area (Å²) in [5.74, 6) is 1.89. The molecular weight excluding hydrogens is 661 g/mol.